The molecule has 142 valence electrons. The van der Waals surface area contributed by atoms with Crippen LogP contribution in [-0.4, -0.2) is 17.5 Å². The molecule has 0 saturated heterocycles. The highest BCUT2D eigenvalue weighted by molar-refractivity contribution is 5.97. The van der Waals surface area contributed by atoms with Crippen LogP contribution >= 0.6 is 0 Å². The zero-order valence-corrected chi connectivity index (χ0v) is 16.2. The molecule has 3 fully saturated rings. The van der Waals surface area contributed by atoms with Crippen LogP contribution in [0.1, 0.15) is 78.6 Å². The molecule has 3 saturated carbocycles. The van der Waals surface area contributed by atoms with Crippen LogP contribution in [-0.2, 0) is 19.1 Å². The lowest BCUT2D eigenvalue weighted by atomic mass is 9.47. The van der Waals surface area contributed by atoms with Gasteiger partial charge in [-0.05, 0) is 67.3 Å². The Hall–Kier alpha value is -1.45. The SMILES string of the molecule is CCC(=O)OC1=C2CCC3C(CC[C@]4(C)C(=O)CCC34)[C@@]2(C)CCC1=O. The Labute approximate surface area is 155 Å². The first kappa shape index (κ1) is 17.9. The lowest BCUT2D eigenvalue weighted by Crippen LogP contribution is -2.51. The minimum absolute atomic E-state index is 0.00517. The summed E-state index contributed by atoms with van der Waals surface area (Å²) in [4.78, 5) is 36.9. The molecule has 3 unspecified atom stereocenters. The molecule has 0 heterocycles. The Morgan fingerprint density at radius 1 is 1.00 bits per heavy atom. The second kappa shape index (κ2) is 6.03. The Bertz CT molecular complexity index is 705. The van der Waals surface area contributed by atoms with Crippen LogP contribution in [0, 0.1) is 28.6 Å². The molecular weight excluding hydrogens is 328 g/mol. The van der Waals surface area contributed by atoms with Gasteiger partial charge in [-0.2, -0.15) is 0 Å². The van der Waals surface area contributed by atoms with Crippen molar-refractivity contribution in [3.8, 4) is 0 Å². The van der Waals surface area contributed by atoms with E-state index in [0.29, 0.717) is 35.7 Å². The van der Waals surface area contributed by atoms with Crippen LogP contribution < -0.4 is 0 Å². The quantitative estimate of drug-likeness (QED) is 0.688. The molecule has 0 bridgehead atoms. The van der Waals surface area contributed by atoms with E-state index in [1.807, 2.05) is 0 Å². The molecule has 0 amide bonds. The molecule has 5 atom stereocenters. The fourth-order valence-corrected chi connectivity index (χ4v) is 6.74. The third-order valence-corrected chi connectivity index (χ3v) is 8.28. The van der Waals surface area contributed by atoms with Gasteiger partial charge in [0.05, 0.1) is 0 Å². The first-order chi connectivity index (χ1) is 12.3. The summed E-state index contributed by atoms with van der Waals surface area (Å²) in [6, 6.07) is 0. The average Bonchev–Trinajstić information content (AvgIpc) is 2.93. The highest BCUT2D eigenvalue weighted by Crippen LogP contribution is 2.65. The van der Waals surface area contributed by atoms with Crippen LogP contribution in [0.4, 0.5) is 0 Å². The van der Waals surface area contributed by atoms with Crippen molar-refractivity contribution in [3.63, 3.8) is 0 Å². The van der Waals surface area contributed by atoms with E-state index in [1.165, 1.54) is 0 Å². The minimum Gasteiger partial charge on any atom is -0.423 e. The smallest absolute Gasteiger partial charge is 0.311 e. The van der Waals surface area contributed by atoms with E-state index in [2.05, 4.69) is 13.8 Å². The van der Waals surface area contributed by atoms with E-state index in [9.17, 15) is 14.4 Å². The van der Waals surface area contributed by atoms with Gasteiger partial charge in [-0.3, -0.25) is 14.4 Å². The largest absolute Gasteiger partial charge is 0.423 e. The number of hydrogen-bond acceptors (Lipinski definition) is 4. The molecular formula is C22H30O4. The average molecular weight is 358 g/mol. The summed E-state index contributed by atoms with van der Waals surface area (Å²) in [6.45, 7) is 6.23. The molecule has 4 nitrogen and oxygen atoms in total. The summed E-state index contributed by atoms with van der Waals surface area (Å²) in [5, 5.41) is 0. The number of allylic oxidation sites excluding steroid dienone is 1. The van der Waals surface area contributed by atoms with Crippen molar-refractivity contribution >= 4 is 17.5 Å². The molecule has 0 aromatic rings. The van der Waals surface area contributed by atoms with Crippen LogP contribution in [0.3, 0.4) is 0 Å². The summed E-state index contributed by atoms with van der Waals surface area (Å²) < 4.78 is 5.53. The number of carbonyl (C=O) groups is 3. The fourth-order valence-electron chi connectivity index (χ4n) is 6.74. The highest BCUT2D eigenvalue weighted by Gasteiger charge is 2.59. The van der Waals surface area contributed by atoms with Gasteiger partial charge in [0.15, 0.2) is 11.5 Å². The van der Waals surface area contributed by atoms with Gasteiger partial charge in [0.1, 0.15) is 5.78 Å². The number of Topliss-reactive ketones (excluding diaryl/α,β-unsaturated/α-hetero) is 2. The van der Waals surface area contributed by atoms with Crippen molar-refractivity contribution in [2.75, 3.05) is 0 Å². The molecule has 4 aliphatic rings. The molecule has 0 N–H and O–H groups in total. The van der Waals surface area contributed by atoms with Crippen molar-refractivity contribution in [1.29, 1.82) is 0 Å². The monoisotopic (exact) mass is 358 g/mol. The molecule has 0 aliphatic heterocycles. The second-order valence-electron chi connectivity index (χ2n) is 9.31. The Morgan fingerprint density at radius 2 is 1.73 bits per heavy atom. The predicted octanol–water partition coefficient (Wildman–Crippen LogP) is 4.37. The van der Waals surface area contributed by atoms with E-state index in [0.717, 1.165) is 50.5 Å². The van der Waals surface area contributed by atoms with E-state index < -0.39 is 0 Å². The summed E-state index contributed by atoms with van der Waals surface area (Å²) in [5.74, 6) is 2.05. The van der Waals surface area contributed by atoms with E-state index in [-0.39, 0.29) is 29.0 Å². The van der Waals surface area contributed by atoms with Gasteiger partial charge in [0, 0.05) is 24.7 Å². The van der Waals surface area contributed by atoms with Crippen LogP contribution in [0.5, 0.6) is 0 Å². The maximum absolute atomic E-state index is 12.5. The van der Waals surface area contributed by atoms with E-state index >= 15 is 0 Å². The van der Waals surface area contributed by atoms with E-state index in [1.54, 1.807) is 6.92 Å². The molecule has 26 heavy (non-hydrogen) atoms. The van der Waals surface area contributed by atoms with Gasteiger partial charge >= 0.3 is 5.97 Å². The van der Waals surface area contributed by atoms with Gasteiger partial charge in [-0.15, -0.1) is 0 Å². The molecule has 0 spiro atoms. The number of hydrogen-bond donors (Lipinski definition) is 0. The first-order valence-corrected chi connectivity index (χ1v) is 10.3. The van der Waals surface area contributed by atoms with Crippen molar-refractivity contribution in [1.82, 2.24) is 0 Å². The lowest BCUT2D eigenvalue weighted by Gasteiger charge is -2.57. The number of carbonyl (C=O) groups excluding carboxylic acids is 3. The highest BCUT2D eigenvalue weighted by atomic mass is 16.5. The van der Waals surface area contributed by atoms with Crippen molar-refractivity contribution < 1.29 is 19.1 Å². The first-order valence-electron chi connectivity index (χ1n) is 10.3. The third kappa shape index (κ3) is 2.36. The Morgan fingerprint density at radius 3 is 2.46 bits per heavy atom. The standard InChI is InChI=1S/C22H30O4/c1-4-19(25)26-20-16-6-5-13-14-7-8-18(24)22(14,3)11-9-15(13)21(16,2)12-10-17(20)23/h13-15H,4-12H2,1-3H3/t13?,14?,15?,21-,22+/m1/s1. The minimum atomic E-state index is -0.315. The van der Waals surface area contributed by atoms with Gasteiger partial charge in [0.2, 0.25) is 0 Å². The molecule has 4 rings (SSSR count). The molecule has 0 aromatic heterocycles. The number of ether oxygens (including phenoxy) is 1. The maximum Gasteiger partial charge on any atom is 0.311 e. The Kier molecular flexibility index (Phi) is 4.16. The van der Waals surface area contributed by atoms with Crippen LogP contribution in [0.2, 0.25) is 0 Å². The predicted molar refractivity (Wildman–Crippen MR) is 97.0 cm³/mol. The van der Waals surface area contributed by atoms with Gasteiger partial charge < -0.3 is 4.74 Å². The third-order valence-electron chi connectivity index (χ3n) is 8.28. The normalized spacial score (nSPS) is 42.2. The number of ketones is 2. The fraction of sp³-hybridized carbons (Fsp3) is 0.773. The summed E-state index contributed by atoms with van der Waals surface area (Å²) in [7, 11) is 0. The Balaban J connectivity index is 1.70. The zero-order valence-electron chi connectivity index (χ0n) is 16.2. The topological polar surface area (TPSA) is 60.4 Å². The van der Waals surface area contributed by atoms with Crippen LogP contribution in [0.15, 0.2) is 11.3 Å². The number of esters is 1. The van der Waals surface area contributed by atoms with Crippen molar-refractivity contribution in [2.24, 2.45) is 28.6 Å². The summed E-state index contributed by atoms with van der Waals surface area (Å²) in [6.07, 6.45) is 7.24. The molecule has 0 radical (unpaired) electrons. The van der Waals surface area contributed by atoms with Gasteiger partial charge in [-0.25, -0.2) is 0 Å². The molecule has 4 heteroatoms. The van der Waals surface area contributed by atoms with Crippen molar-refractivity contribution in [3.05, 3.63) is 11.3 Å². The van der Waals surface area contributed by atoms with E-state index in [4.69, 9.17) is 4.74 Å². The maximum atomic E-state index is 12.5. The zero-order chi connectivity index (χ0) is 18.7. The molecule has 4 aliphatic carbocycles. The number of rotatable bonds is 2. The lowest BCUT2D eigenvalue weighted by molar-refractivity contribution is -0.144. The van der Waals surface area contributed by atoms with Crippen LogP contribution in [0.25, 0.3) is 0 Å². The summed E-state index contributed by atoms with van der Waals surface area (Å²) in [5.41, 5.74) is 0.901. The second-order valence-corrected chi connectivity index (χ2v) is 9.31. The molecule has 0 aromatic carbocycles. The van der Waals surface area contributed by atoms with Crippen molar-refractivity contribution in [2.45, 2.75) is 78.6 Å². The number of fused-ring (bicyclic) bond motifs is 5. The summed E-state index contributed by atoms with van der Waals surface area (Å²) >= 11 is 0. The van der Waals surface area contributed by atoms with Gasteiger partial charge in [-0.1, -0.05) is 20.8 Å². The van der Waals surface area contributed by atoms with Gasteiger partial charge in [0.25, 0.3) is 0 Å².